The number of aryl methyl sites for hydroxylation is 1. The maximum atomic E-state index is 12.7. The van der Waals surface area contributed by atoms with Crippen LogP contribution in [0, 0.1) is 19.3 Å². The summed E-state index contributed by atoms with van der Waals surface area (Å²) in [6.07, 6.45) is 5.13. The predicted octanol–water partition coefficient (Wildman–Crippen LogP) is 3.04. The molecule has 0 spiro atoms. The monoisotopic (exact) mass is 312 g/mol. The maximum absolute atomic E-state index is 12.7. The Bertz CT molecular complexity index is 798. The van der Waals surface area contributed by atoms with E-state index in [0.29, 0.717) is 5.56 Å². The van der Waals surface area contributed by atoms with E-state index in [4.69, 9.17) is 6.42 Å². The number of hydrogen-bond acceptors (Lipinski definition) is 3. The Kier molecular flexibility index (Phi) is 4.79. The molecule has 2 aromatic rings. The number of Topliss-reactive ketones (excluding diaryl/α,β-unsaturated/α-hetero) is 1. The van der Waals surface area contributed by atoms with E-state index >= 15 is 0 Å². The van der Waals surface area contributed by atoms with Gasteiger partial charge in [0.25, 0.3) is 0 Å². The second-order valence-electron chi connectivity index (χ2n) is 4.99. The van der Waals surface area contributed by atoms with Crippen molar-refractivity contribution in [3.63, 3.8) is 0 Å². The highest BCUT2D eigenvalue weighted by Crippen LogP contribution is 2.22. The van der Waals surface area contributed by atoms with Gasteiger partial charge in [0.2, 0.25) is 0 Å². The summed E-state index contributed by atoms with van der Waals surface area (Å²) in [7, 11) is -3.82. The molecule has 2 rings (SSSR count). The molecule has 0 aliphatic rings. The summed E-state index contributed by atoms with van der Waals surface area (Å²) in [6, 6.07) is 14.8. The Hall–Kier alpha value is -2.38. The Morgan fingerprint density at radius 3 is 2.23 bits per heavy atom. The minimum absolute atomic E-state index is 0.114. The van der Waals surface area contributed by atoms with Gasteiger partial charge in [0, 0.05) is 12.0 Å². The zero-order chi connectivity index (χ0) is 16.2. The molecule has 0 bridgehead atoms. The number of ketones is 1. The second kappa shape index (κ2) is 6.59. The fourth-order valence-electron chi connectivity index (χ4n) is 2.13. The van der Waals surface area contributed by atoms with Crippen molar-refractivity contribution in [2.45, 2.75) is 23.5 Å². The predicted molar refractivity (Wildman–Crippen MR) is 86.4 cm³/mol. The molecule has 0 amide bonds. The molecule has 0 heterocycles. The summed E-state index contributed by atoms with van der Waals surface area (Å²) in [5, 5.41) is -1.26. The molecule has 22 heavy (non-hydrogen) atoms. The fourth-order valence-corrected chi connectivity index (χ4v) is 3.71. The molecule has 112 valence electrons. The van der Waals surface area contributed by atoms with E-state index in [1.165, 1.54) is 12.1 Å². The van der Waals surface area contributed by atoms with Crippen LogP contribution >= 0.6 is 0 Å². The van der Waals surface area contributed by atoms with Crippen molar-refractivity contribution in [3.8, 4) is 12.3 Å². The number of carbonyl (C=O) groups is 1. The van der Waals surface area contributed by atoms with Gasteiger partial charge in [-0.05, 0) is 19.1 Å². The zero-order valence-corrected chi connectivity index (χ0v) is 13.0. The first-order valence-corrected chi connectivity index (χ1v) is 8.34. The van der Waals surface area contributed by atoms with Gasteiger partial charge in [0.05, 0.1) is 4.90 Å². The number of hydrogen-bond donors (Lipinski definition) is 0. The van der Waals surface area contributed by atoms with Gasteiger partial charge in [-0.3, -0.25) is 4.79 Å². The molecular formula is C18H16O3S. The zero-order valence-electron chi connectivity index (χ0n) is 12.2. The largest absolute Gasteiger partial charge is 0.293 e. The molecule has 2 aromatic carbocycles. The second-order valence-corrected chi connectivity index (χ2v) is 7.12. The molecule has 0 N–H and O–H groups in total. The number of rotatable bonds is 5. The van der Waals surface area contributed by atoms with E-state index in [-0.39, 0.29) is 11.3 Å². The minimum Gasteiger partial charge on any atom is -0.293 e. The Balaban J connectivity index is 2.45. The van der Waals surface area contributed by atoms with Crippen molar-refractivity contribution in [2.75, 3.05) is 0 Å². The van der Waals surface area contributed by atoms with Crippen LogP contribution in [-0.2, 0) is 9.84 Å². The first-order valence-electron chi connectivity index (χ1n) is 6.80. The lowest BCUT2D eigenvalue weighted by atomic mass is 10.1. The van der Waals surface area contributed by atoms with Crippen LogP contribution in [0.25, 0.3) is 0 Å². The quantitative estimate of drug-likeness (QED) is 0.630. The van der Waals surface area contributed by atoms with Crippen molar-refractivity contribution >= 4 is 15.6 Å². The number of benzene rings is 2. The van der Waals surface area contributed by atoms with Crippen LogP contribution < -0.4 is 0 Å². The first kappa shape index (κ1) is 16.0. The molecule has 0 saturated heterocycles. The van der Waals surface area contributed by atoms with Crippen LogP contribution in [0.4, 0.5) is 0 Å². The SMILES string of the molecule is C#CC[C@@H](C(=O)c1ccccc1)S(=O)(=O)c1ccc(C)cc1. The van der Waals surface area contributed by atoms with Crippen LogP contribution in [0.2, 0.25) is 0 Å². The molecule has 1 atom stereocenters. The summed E-state index contributed by atoms with van der Waals surface area (Å²) in [5.41, 5.74) is 1.29. The van der Waals surface area contributed by atoms with Crippen LogP contribution in [0.5, 0.6) is 0 Å². The van der Waals surface area contributed by atoms with Gasteiger partial charge in [-0.2, -0.15) is 0 Å². The van der Waals surface area contributed by atoms with Gasteiger partial charge >= 0.3 is 0 Å². The van der Waals surface area contributed by atoms with Crippen molar-refractivity contribution in [1.29, 1.82) is 0 Å². The maximum Gasteiger partial charge on any atom is 0.189 e. The summed E-state index contributed by atoms with van der Waals surface area (Å²) in [5.74, 6) is 1.83. The third kappa shape index (κ3) is 3.26. The lowest BCUT2D eigenvalue weighted by Gasteiger charge is -2.15. The third-order valence-corrected chi connectivity index (χ3v) is 5.44. The van der Waals surface area contributed by atoms with Gasteiger partial charge in [0.1, 0.15) is 5.25 Å². The van der Waals surface area contributed by atoms with Gasteiger partial charge in [-0.25, -0.2) is 8.42 Å². The Labute approximate surface area is 130 Å². The average molecular weight is 312 g/mol. The Morgan fingerprint density at radius 1 is 1.09 bits per heavy atom. The number of carbonyl (C=O) groups excluding carboxylic acids is 1. The highest BCUT2D eigenvalue weighted by atomic mass is 32.2. The lowest BCUT2D eigenvalue weighted by Crippen LogP contribution is -2.30. The van der Waals surface area contributed by atoms with E-state index < -0.39 is 20.9 Å². The highest BCUT2D eigenvalue weighted by Gasteiger charge is 2.33. The number of sulfone groups is 1. The van der Waals surface area contributed by atoms with Crippen molar-refractivity contribution in [3.05, 3.63) is 65.7 Å². The van der Waals surface area contributed by atoms with Crippen LogP contribution in [0.3, 0.4) is 0 Å². The van der Waals surface area contributed by atoms with E-state index in [9.17, 15) is 13.2 Å². The smallest absolute Gasteiger partial charge is 0.189 e. The normalized spacial score (nSPS) is 12.4. The van der Waals surface area contributed by atoms with Gasteiger partial charge in [-0.15, -0.1) is 12.3 Å². The van der Waals surface area contributed by atoms with Crippen LogP contribution in [0.15, 0.2) is 59.5 Å². The fraction of sp³-hybridized carbons (Fsp3) is 0.167. The molecule has 0 radical (unpaired) electrons. The van der Waals surface area contributed by atoms with Crippen molar-refractivity contribution < 1.29 is 13.2 Å². The molecule has 3 nitrogen and oxygen atoms in total. The summed E-state index contributed by atoms with van der Waals surface area (Å²) < 4.78 is 25.5. The highest BCUT2D eigenvalue weighted by molar-refractivity contribution is 7.92. The molecular weight excluding hydrogens is 296 g/mol. The average Bonchev–Trinajstić information content (AvgIpc) is 2.53. The van der Waals surface area contributed by atoms with Gasteiger partial charge < -0.3 is 0 Å². The molecule has 0 unspecified atom stereocenters. The summed E-state index contributed by atoms with van der Waals surface area (Å²) in [4.78, 5) is 12.7. The number of terminal acetylenes is 1. The molecule has 4 heteroatoms. The topological polar surface area (TPSA) is 51.2 Å². The molecule has 0 aliphatic heterocycles. The third-order valence-electron chi connectivity index (χ3n) is 3.38. The van der Waals surface area contributed by atoms with Crippen molar-refractivity contribution in [1.82, 2.24) is 0 Å². The first-order chi connectivity index (χ1) is 10.5. The molecule has 0 aromatic heterocycles. The van der Waals surface area contributed by atoms with Gasteiger partial charge in [0.15, 0.2) is 15.6 Å². The van der Waals surface area contributed by atoms with E-state index in [2.05, 4.69) is 5.92 Å². The van der Waals surface area contributed by atoms with Crippen LogP contribution in [-0.4, -0.2) is 19.5 Å². The lowest BCUT2D eigenvalue weighted by molar-refractivity contribution is 0.0988. The van der Waals surface area contributed by atoms with Crippen LogP contribution in [0.1, 0.15) is 22.3 Å². The molecule has 0 fully saturated rings. The minimum atomic E-state index is -3.82. The van der Waals surface area contributed by atoms with E-state index in [1.807, 2.05) is 6.92 Å². The standard InChI is InChI=1S/C18H16O3S/c1-3-7-17(18(19)15-8-5-4-6-9-15)22(20,21)16-12-10-14(2)11-13-16/h1,4-6,8-13,17H,7H2,2H3/t17-/m0/s1. The Morgan fingerprint density at radius 2 is 1.68 bits per heavy atom. The van der Waals surface area contributed by atoms with Gasteiger partial charge in [-0.1, -0.05) is 48.0 Å². The summed E-state index contributed by atoms with van der Waals surface area (Å²) in [6.45, 7) is 1.87. The molecule has 0 aliphatic carbocycles. The van der Waals surface area contributed by atoms with Crippen molar-refractivity contribution in [2.24, 2.45) is 0 Å². The van der Waals surface area contributed by atoms with E-state index in [1.54, 1.807) is 42.5 Å². The van der Waals surface area contributed by atoms with E-state index in [0.717, 1.165) is 5.56 Å². The molecule has 0 saturated carbocycles. The summed E-state index contributed by atoms with van der Waals surface area (Å²) >= 11 is 0.